The summed E-state index contributed by atoms with van der Waals surface area (Å²) in [6.07, 6.45) is 3.61. The molecule has 1 N–H and O–H groups in total. The molecule has 0 bridgehead atoms. The van der Waals surface area contributed by atoms with Crippen LogP contribution in [0.4, 0.5) is 11.4 Å². The van der Waals surface area contributed by atoms with Crippen molar-refractivity contribution >= 4 is 34.7 Å². The first-order valence-corrected chi connectivity index (χ1v) is 9.23. The number of aromatic nitrogens is 1. The van der Waals surface area contributed by atoms with E-state index in [2.05, 4.69) is 39.5 Å². The van der Waals surface area contributed by atoms with Gasteiger partial charge in [-0.3, -0.25) is 4.98 Å². The molecule has 1 aromatic heterocycles. The second kappa shape index (κ2) is 8.28. The summed E-state index contributed by atoms with van der Waals surface area (Å²) in [4.78, 5) is 7.44. The molecule has 0 amide bonds. The minimum Gasteiger partial charge on any atom is -0.378 e. The first-order valence-electron chi connectivity index (χ1n) is 7.98. The molecule has 128 valence electrons. The molecule has 0 aliphatic rings. The van der Waals surface area contributed by atoms with Gasteiger partial charge in [0.1, 0.15) is 5.37 Å². The lowest BCUT2D eigenvalue weighted by Gasteiger charge is -2.21. The standard InChI is InChI=1S/C20H20ClN3S/c1-24(2)18-9-5-15(6-10-18)20(23-17-4-3-13-22-14-17)25-19-11-7-16(21)8-12-19/h3-14,20,23H,1-2H3/t20-/m1/s1. The normalized spacial score (nSPS) is 11.8. The van der Waals surface area contributed by atoms with Gasteiger partial charge < -0.3 is 10.2 Å². The Balaban J connectivity index is 1.86. The molecule has 0 spiro atoms. The molecule has 25 heavy (non-hydrogen) atoms. The maximum absolute atomic E-state index is 6.00. The zero-order valence-corrected chi connectivity index (χ0v) is 15.8. The number of rotatable bonds is 6. The SMILES string of the molecule is CN(C)c1ccc([C@H](Nc2cccnc2)Sc2ccc(Cl)cc2)cc1. The molecular weight excluding hydrogens is 350 g/mol. The van der Waals surface area contributed by atoms with Gasteiger partial charge in [0.25, 0.3) is 0 Å². The van der Waals surface area contributed by atoms with Crippen molar-refractivity contribution in [3.05, 3.63) is 83.6 Å². The van der Waals surface area contributed by atoms with Crippen LogP contribution in [0, 0.1) is 0 Å². The number of halogens is 1. The van der Waals surface area contributed by atoms with Gasteiger partial charge in [-0.15, -0.1) is 0 Å². The third kappa shape index (κ3) is 4.91. The van der Waals surface area contributed by atoms with Crippen molar-refractivity contribution in [3.63, 3.8) is 0 Å². The van der Waals surface area contributed by atoms with Crippen molar-refractivity contribution in [2.75, 3.05) is 24.3 Å². The average molecular weight is 370 g/mol. The predicted octanol–water partition coefficient (Wildman–Crippen LogP) is 5.70. The summed E-state index contributed by atoms with van der Waals surface area (Å²) in [5, 5.41) is 4.38. The van der Waals surface area contributed by atoms with E-state index < -0.39 is 0 Å². The van der Waals surface area contributed by atoms with Crippen molar-refractivity contribution < 1.29 is 0 Å². The smallest absolute Gasteiger partial charge is 0.103 e. The van der Waals surface area contributed by atoms with Gasteiger partial charge in [0.2, 0.25) is 0 Å². The zero-order valence-electron chi connectivity index (χ0n) is 14.2. The molecular formula is C20H20ClN3S. The highest BCUT2D eigenvalue weighted by Gasteiger charge is 2.14. The molecule has 0 unspecified atom stereocenters. The summed E-state index contributed by atoms with van der Waals surface area (Å²) >= 11 is 7.75. The fraction of sp³-hybridized carbons (Fsp3) is 0.150. The highest BCUT2D eigenvalue weighted by atomic mass is 35.5. The largest absolute Gasteiger partial charge is 0.378 e. The Hall–Kier alpha value is -2.17. The quantitative estimate of drug-likeness (QED) is 0.445. The summed E-state index contributed by atoms with van der Waals surface area (Å²) in [7, 11) is 4.09. The number of benzene rings is 2. The second-order valence-corrected chi connectivity index (χ2v) is 7.44. The summed E-state index contributed by atoms with van der Waals surface area (Å²) < 4.78 is 0. The number of hydrogen-bond acceptors (Lipinski definition) is 4. The third-order valence-corrected chi connectivity index (χ3v) is 5.16. The van der Waals surface area contributed by atoms with Crippen molar-refractivity contribution in [3.8, 4) is 0 Å². The van der Waals surface area contributed by atoms with Crippen LogP contribution in [-0.4, -0.2) is 19.1 Å². The Morgan fingerprint density at radius 2 is 1.72 bits per heavy atom. The van der Waals surface area contributed by atoms with Crippen LogP contribution >= 0.6 is 23.4 Å². The molecule has 2 aromatic carbocycles. The van der Waals surface area contributed by atoms with Gasteiger partial charge in [-0.1, -0.05) is 35.5 Å². The van der Waals surface area contributed by atoms with Crippen LogP contribution in [0.3, 0.4) is 0 Å². The van der Waals surface area contributed by atoms with Crippen molar-refractivity contribution in [2.45, 2.75) is 10.3 Å². The van der Waals surface area contributed by atoms with Crippen LogP contribution < -0.4 is 10.2 Å². The molecule has 3 aromatic rings. The highest BCUT2D eigenvalue weighted by Crippen LogP contribution is 2.36. The Morgan fingerprint density at radius 1 is 1.00 bits per heavy atom. The molecule has 5 heteroatoms. The van der Waals surface area contributed by atoms with Crippen LogP contribution in [0.5, 0.6) is 0 Å². The van der Waals surface area contributed by atoms with E-state index in [0.717, 1.165) is 15.6 Å². The number of thioether (sulfide) groups is 1. The van der Waals surface area contributed by atoms with E-state index in [9.17, 15) is 0 Å². The van der Waals surface area contributed by atoms with Gasteiger partial charge in [0.15, 0.2) is 0 Å². The molecule has 0 fully saturated rings. The van der Waals surface area contributed by atoms with E-state index in [0.29, 0.717) is 0 Å². The lowest BCUT2D eigenvalue weighted by molar-refractivity contribution is 1.08. The second-order valence-electron chi connectivity index (χ2n) is 5.82. The molecule has 3 rings (SSSR count). The molecule has 0 saturated carbocycles. The minimum atomic E-state index is 0.0709. The van der Waals surface area contributed by atoms with E-state index in [-0.39, 0.29) is 5.37 Å². The van der Waals surface area contributed by atoms with Crippen molar-refractivity contribution in [1.82, 2.24) is 4.98 Å². The van der Waals surface area contributed by atoms with Crippen LogP contribution in [-0.2, 0) is 0 Å². The Kier molecular flexibility index (Phi) is 5.84. The van der Waals surface area contributed by atoms with Crippen molar-refractivity contribution in [2.24, 2.45) is 0 Å². The predicted molar refractivity (Wildman–Crippen MR) is 109 cm³/mol. The lowest BCUT2D eigenvalue weighted by atomic mass is 10.2. The Morgan fingerprint density at radius 3 is 2.32 bits per heavy atom. The van der Waals surface area contributed by atoms with E-state index in [1.807, 2.05) is 56.7 Å². The molecule has 3 nitrogen and oxygen atoms in total. The van der Waals surface area contributed by atoms with E-state index >= 15 is 0 Å². The number of hydrogen-bond donors (Lipinski definition) is 1. The van der Waals surface area contributed by atoms with E-state index in [1.54, 1.807) is 18.0 Å². The maximum Gasteiger partial charge on any atom is 0.103 e. The first kappa shape index (κ1) is 17.6. The maximum atomic E-state index is 6.00. The molecule has 0 aliphatic carbocycles. The van der Waals surface area contributed by atoms with Gasteiger partial charge >= 0.3 is 0 Å². The summed E-state index contributed by atoms with van der Waals surface area (Å²) in [6.45, 7) is 0. The monoisotopic (exact) mass is 369 g/mol. The fourth-order valence-electron chi connectivity index (χ4n) is 2.38. The average Bonchev–Trinajstić information content (AvgIpc) is 2.64. The van der Waals surface area contributed by atoms with Crippen LogP contribution in [0.1, 0.15) is 10.9 Å². The lowest BCUT2D eigenvalue weighted by Crippen LogP contribution is -2.10. The number of anilines is 2. The van der Waals surface area contributed by atoms with Gasteiger partial charge in [-0.05, 0) is 54.1 Å². The van der Waals surface area contributed by atoms with Gasteiger partial charge in [-0.2, -0.15) is 0 Å². The molecule has 1 heterocycles. The van der Waals surface area contributed by atoms with Gasteiger partial charge in [-0.25, -0.2) is 0 Å². The number of nitrogens with one attached hydrogen (secondary N) is 1. The Bertz CT molecular complexity index is 789. The first-order chi connectivity index (χ1) is 12.1. The van der Waals surface area contributed by atoms with Crippen LogP contribution in [0.25, 0.3) is 0 Å². The zero-order chi connectivity index (χ0) is 17.6. The fourth-order valence-corrected chi connectivity index (χ4v) is 3.56. The molecule has 0 saturated heterocycles. The van der Waals surface area contributed by atoms with Gasteiger partial charge in [0, 0.05) is 42.1 Å². The summed E-state index contributed by atoms with van der Waals surface area (Å²) in [5.41, 5.74) is 3.38. The van der Waals surface area contributed by atoms with E-state index in [1.165, 1.54) is 11.3 Å². The highest BCUT2D eigenvalue weighted by molar-refractivity contribution is 7.99. The van der Waals surface area contributed by atoms with Crippen LogP contribution in [0.15, 0.2) is 78.0 Å². The minimum absolute atomic E-state index is 0.0709. The molecule has 0 radical (unpaired) electrons. The number of nitrogens with zero attached hydrogens (tertiary/aromatic N) is 2. The van der Waals surface area contributed by atoms with Gasteiger partial charge in [0.05, 0.1) is 5.69 Å². The molecule has 1 atom stereocenters. The van der Waals surface area contributed by atoms with Crippen molar-refractivity contribution in [1.29, 1.82) is 0 Å². The topological polar surface area (TPSA) is 28.2 Å². The third-order valence-electron chi connectivity index (χ3n) is 3.74. The number of pyridine rings is 1. The van der Waals surface area contributed by atoms with Crippen LogP contribution in [0.2, 0.25) is 5.02 Å². The molecule has 0 aliphatic heterocycles. The summed E-state index contributed by atoms with van der Waals surface area (Å²) in [6, 6.07) is 20.5. The Labute approximate surface area is 158 Å². The summed E-state index contributed by atoms with van der Waals surface area (Å²) in [5.74, 6) is 0. The van der Waals surface area contributed by atoms with E-state index in [4.69, 9.17) is 11.6 Å².